The van der Waals surface area contributed by atoms with E-state index in [1.807, 2.05) is 30.0 Å². The predicted octanol–water partition coefficient (Wildman–Crippen LogP) is 3.73. The smallest absolute Gasteiger partial charge is 0.265 e. The third-order valence-electron chi connectivity index (χ3n) is 5.67. The van der Waals surface area contributed by atoms with E-state index in [1.165, 1.54) is 11.3 Å². The lowest BCUT2D eigenvalue weighted by Crippen LogP contribution is -2.48. The van der Waals surface area contributed by atoms with Crippen molar-refractivity contribution in [3.8, 4) is 11.3 Å². The van der Waals surface area contributed by atoms with Gasteiger partial charge in [0.25, 0.3) is 11.8 Å². The molecule has 0 atom stereocenters. The van der Waals surface area contributed by atoms with Crippen molar-refractivity contribution >= 4 is 34.8 Å². The molecule has 2 aromatic heterocycles. The van der Waals surface area contributed by atoms with Crippen LogP contribution in [-0.2, 0) is 6.54 Å². The Morgan fingerprint density at radius 3 is 2.52 bits per heavy atom. The predicted molar refractivity (Wildman–Crippen MR) is 128 cm³/mol. The zero-order valence-electron chi connectivity index (χ0n) is 19.1. The van der Waals surface area contributed by atoms with Crippen LogP contribution in [0.1, 0.15) is 36.5 Å². The molecule has 3 aromatic rings. The summed E-state index contributed by atoms with van der Waals surface area (Å²) in [4.78, 5) is 36.6. The van der Waals surface area contributed by atoms with Crippen molar-refractivity contribution in [1.82, 2.24) is 24.8 Å². The minimum atomic E-state index is -0.104. The van der Waals surface area contributed by atoms with Gasteiger partial charge in [-0.3, -0.25) is 14.5 Å². The first-order valence-electron chi connectivity index (χ1n) is 10.7. The summed E-state index contributed by atoms with van der Waals surface area (Å²) in [6.07, 6.45) is 0. The summed E-state index contributed by atoms with van der Waals surface area (Å²) in [7, 11) is 3.48. The number of rotatable bonds is 5. The molecule has 10 heteroatoms. The van der Waals surface area contributed by atoms with Crippen molar-refractivity contribution < 1.29 is 14.1 Å². The molecule has 33 heavy (non-hydrogen) atoms. The lowest BCUT2D eigenvalue weighted by molar-refractivity contribution is 0.0627. The van der Waals surface area contributed by atoms with Gasteiger partial charge in [-0.25, -0.2) is 4.98 Å². The van der Waals surface area contributed by atoms with Crippen LogP contribution in [0, 0.1) is 13.8 Å². The van der Waals surface area contributed by atoms with Crippen LogP contribution < -0.4 is 0 Å². The lowest BCUT2D eigenvalue weighted by atomic mass is 10.0. The normalized spacial score (nSPS) is 14.5. The van der Waals surface area contributed by atoms with Crippen molar-refractivity contribution in [3.63, 3.8) is 0 Å². The van der Waals surface area contributed by atoms with E-state index in [4.69, 9.17) is 16.1 Å². The van der Waals surface area contributed by atoms with Crippen LogP contribution in [0.5, 0.6) is 0 Å². The minimum Gasteiger partial charge on any atom is -0.360 e. The molecule has 3 heterocycles. The molecule has 1 aliphatic rings. The average Bonchev–Trinajstić information content (AvgIpc) is 3.35. The highest BCUT2D eigenvalue weighted by molar-refractivity contribution is 7.13. The van der Waals surface area contributed by atoms with E-state index in [-0.39, 0.29) is 11.8 Å². The molecular weight excluding hydrogens is 462 g/mol. The second-order valence-corrected chi connectivity index (χ2v) is 9.72. The number of piperazine rings is 1. The molecular formula is C23H26ClN5O3S. The van der Waals surface area contributed by atoms with Gasteiger partial charge in [-0.1, -0.05) is 35.0 Å². The zero-order valence-corrected chi connectivity index (χ0v) is 20.7. The summed E-state index contributed by atoms with van der Waals surface area (Å²) in [6, 6.07) is 7.30. The quantitative estimate of drug-likeness (QED) is 0.545. The standard InChI is InChI=1S/C23H26ClN5O3S/c1-14-21(23(31)27(3)4)33-18(25-14)13-28-9-11-29(12-10-28)22(30)19-15(2)32-26-20(19)16-7-5-6-8-17(16)24/h5-8H,9-13H2,1-4H3. The number of benzene rings is 1. The molecule has 0 spiro atoms. The lowest BCUT2D eigenvalue weighted by Gasteiger charge is -2.34. The summed E-state index contributed by atoms with van der Waals surface area (Å²) in [5.74, 6) is 0.353. The van der Waals surface area contributed by atoms with E-state index < -0.39 is 0 Å². The highest BCUT2D eigenvalue weighted by Crippen LogP contribution is 2.32. The fraction of sp³-hybridized carbons (Fsp3) is 0.391. The molecule has 4 rings (SSSR count). The van der Waals surface area contributed by atoms with Crippen molar-refractivity contribution in [1.29, 1.82) is 0 Å². The molecule has 8 nitrogen and oxygen atoms in total. The van der Waals surface area contributed by atoms with E-state index in [0.29, 0.717) is 65.2 Å². The van der Waals surface area contributed by atoms with Gasteiger partial charge in [-0.05, 0) is 19.9 Å². The van der Waals surface area contributed by atoms with Crippen LogP contribution >= 0.6 is 22.9 Å². The largest absolute Gasteiger partial charge is 0.360 e. The van der Waals surface area contributed by atoms with Gasteiger partial charge in [0, 0.05) is 45.8 Å². The van der Waals surface area contributed by atoms with Gasteiger partial charge >= 0.3 is 0 Å². The Labute approximate surface area is 201 Å². The van der Waals surface area contributed by atoms with Gasteiger partial charge in [-0.15, -0.1) is 11.3 Å². The third-order valence-corrected chi connectivity index (χ3v) is 7.13. The molecule has 1 aromatic carbocycles. The number of hydrogen-bond donors (Lipinski definition) is 0. The Balaban J connectivity index is 1.43. The van der Waals surface area contributed by atoms with Crippen LogP contribution in [-0.4, -0.2) is 76.9 Å². The van der Waals surface area contributed by atoms with Crippen LogP contribution in [0.25, 0.3) is 11.3 Å². The molecule has 1 fully saturated rings. The molecule has 1 aliphatic heterocycles. The Bertz CT molecular complexity index is 1180. The van der Waals surface area contributed by atoms with Gasteiger partial charge < -0.3 is 14.3 Å². The fourth-order valence-electron chi connectivity index (χ4n) is 3.84. The minimum absolute atomic E-state index is 0.0231. The number of hydrogen-bond acceptors (Lipinski definition) is 7. The number of carbonyl (C=O) groups is 2. The summed E-state index contributed by atoms with van der Waals surface area (Å²) in [5.41, 5.74) is 2.37. The van der Waals surface area contributed by atoms with Gasteiger partial charge in [0.15, 0.2) is 0 Å². The monoisotopic (exact) mass is 487 g/mol. The summed E-state index contributed by atoms with van der Waals surface area (Å²) >= 11 is 7.77. The van der Waals surface area contributed by atoms with Crippen LogP contribution in [0.4, 0.5) is 0 Å². The second-order valence-electron chi connectivity index (χ2n) is 8.23. The number of aromatic nitrogens is 2. The van der Waals surface area contributed by atoms with E-state index in [2.05, 4.69) is 15.0 Å². The van der Waals surface area contributed by atoms with E-state index in [9.17, 15) is 9.59 Å². The molecule has 174 valence electrons. The number of carbonyl (C=O) groups excluding carboxylic acids is 2. The number of nitrogens with zero attached hydrogens (tertiary/aromatic N) is 5. The number of aryl methyl sites for hydroxylation is 2. The SMILES string of the molecule is Cc1nc(CN2CCN(C(=O)c3c(-c4ccccc4Cl)noc3C)CC2)sc1C(=O)N(C)C. The maximum absolute atomic E-state index is 13.4. The highest BCUT2D eigenvalue weighted by Gasteiger charge is 2.29. The number of halogens is 1. The summed E-state index contributed by atoms with van der Waals surface area (Å²) < 4.78 is 5.36. The maximum Gasteiger partial charge on any atom is 0.265 e. The summed E-state index contributed by atoms with van der Waals surface area (Å²) in [6.45, 7) is 6.86. The average molecular weight is 488 g/mol. The first-order valence-corrected chi connectivity index (χ1v) is 11.9. The zero-order chi connectivity index (χ0) is 23.7. The topological polar surface area (TPSA) is 82.8 Å². The van der Waals surface area contributed by atoms with Gasteiger partial charge in [-0.2, -0.15) is 0 Å². The Kier molecular flexibility index (Phi) is 6.83. The van der Waals surface area contributed by atoms with Gasteiger partial charge in [0.05, 0.1) is 17.3 Å². The van der Waals surface area contributed by atoms with Crippen molar-refractivity contribution in [2.24, 2.45) is 0 Å². The molecule has 0 radical (unpaired) electrons. The van der Waals surface area contributed by atoms with Crippen LogP contribution in [0.15, 0.2) is 28.8 Å². The molecule has 0 aliphatic carbocycles. The first kappa shape index (κ1) is 23.4. The molecule has 0 N–H and O–H groups in total. The third kappa shape index (κ3) is 4.80. The van der Waals surface area contributed by atoms with Crippen LogP contribution in [0.3, 0.4) is 0 Å². The highest BCUT2D eigenvalue weighted by atomic mass is 35.5. The van der Waals surface area contributed by atoms with E-state index >= 15 is 0 Å². The van der Waals surface area contributed by atoms with E-state index in [1.54, 1.807) is 32.0 Å². The Morgan fingerprint density at radius 1 is 1.15 bits per heavy atom. The summed E-state index contributed by atoms with van der Waals surface area (Å²) in [5, 5.41) is 5.55. The van der Waals surface area contributed by atoms with E-state index in [0.717, 1.165) is 10.7 Å². The Morgan fingerprint density at radius 2 is 1.85 bits per heavy atom. The van der Waals surface area contributed by atoms with Crippen molar-refractivity contribution in [2.75, 3.05) is 40.3 Å². The number of thiazole rings is 1. The second kappa shape index (κ2) is 9.62. The Hall–Kier alpha value is -2.75. The van der Waals surface area contributed by atoms with Crippen LogP contribution in [0.2, 0.25) is 5.02 Å². The molecule has 1 saturated heterocycles. The maximum atomic E-state index is 13.4. The number of amides is 2. The molecule has 0 unspecified atom stereocenters. The van der Waals surface area contributed by atoms with Crippen molar-refractivity contribution in [3.05, 3.63) is 56.2 Å². The molecule has 2 amide bonds. The molecule has 0 saturated carbocycles. The van der Waals surface area contributed by atoms with Gasteiger partial charge in [0.1, 0.15) is 26.9 Å². The molecule has 0 bridgehead atoms. The van der Waals surface area contributed by atoms with Gasteiger partial charge in [0.2, 0.25) is 0 Å². The fourth-order valence-corrected chi connectivity index (χ4v) is 5.19. The van der Waals surface area contributed by atoms with Crippen molar-refractivity contribution in [2.45, 2.75) is 20.4 Å². The first-order chi connectivity index (χ1) is 15.8.